The standard InChI is InChI=1S/C11H9NO2/c1-9(11(13)14-8-12)7-10-5-3-2-4-6-10/h2-7H,1H3. The van der Waals surface area contributed by atoms with Gasteiger partial charge in [-0.1, -0.05) is 30.3 Å². The fraction of sp³-hybridized carbons (Fsp3) is 0.0909. The molecule has 3 heteroatoms. The molecule has 0 atom stereocenters. The maximum absolute atomic E-state index is 11.0. The average Bonchev–Trinajstić information content (AvgIpc) is 2.19. The zero-order chi connectivity index (χ0) is 10.4. The van der Waals surface area contributed by atoms with Crippen LogP contribution in [0.25, 0.3) is 6.08 Å². The summed E-state index contributed by atoms with van der Waals surface area (Å²) in [5, 5.41) is 8.13. The molecule has 0 spiro atoms. The minimum Gasteiger partial charge on any atom is -0.347 e. The number of ether oxygens (including phenoxy) is 1. The summed E-state index contributed by atoms with van der Waals surface area (Å²) in [5.74, 6) is -0.614. The van der Waals surface area contributed by atoms with Gasteiger partial charge in [-0.05, 0) is 18.6 Å². The number of nitrogens with zero attached hydrogens (tertiary/aromatic N) is 1. The van der Waals surface area contributed by atoms with Crippen molar-refractivity contribution in [2.24, 2.45) is 0 Å². The van der Waals surface area contributed by atoms with Gasteiger partial charge in [0.1, 0.15) is 0 Å². The number of benzene rings is 1. The molecular formula is C11H9NO2. The molecule has 0 aliphatic heterocycles. The third kappa shape index (κ3) is 2.76. The van der Waals surface area contributed by atoms with Gasteiger partial charge in [0.25, 0.3) is 6.26 Å². The minimum absolute atomic E-state index is 0.401. The van der Waals surface area contributed by atoms with Crippen LogP contribution < -0.4 is 0 Å². The summed E-state index contributed by atoms with van der Waals surface area (Å²) in [6.45, 7) is 1.60. The van der Waals surface area contributed by atoms with Crippen LogP contribution in [-0.4, -0.2) is 5.97 Å². The molecule has 3 nitrogen and oxygen atoms in total. The lowest BCUT2D eigenvalue weighted by molar-refractivity contribution is -0.132. The number of hydrogen-bond donors (Lipinski definition) is 0. The van der Waals surface area contributed by atoms with Gasteiger partial charge in [0.05, 0.1) is 0 Å². The zero-order valence-electron chi connectivity index (χ0n) is 7.73. The SMILES string of the molecule is CC(=Cc1ccccc1)C(=O)OC#N. The third-order valence-corrected chi connectivity index (χ3v) is 1.64. The monoisotopic (exact) mass is 187 g/mol. The Labute approximate surface area is 82.2 Å². The van der Waals surface area contributed by atoms with E-state index in [-0.39, 0.29) is 0 Å². The largest absolute Gasteiger partial charge is 0.349 e. The Hall–Kier alpha value is -2.08. The molecule has 0 saturated heterocycles. The number of nitriles is 1. The van der Waals surface area contributed by atoms with Crippen LogP contribution in [0.3, 0.4) is 0 Å². The van der Waals surface area contributed by atoms with Crippen LogP contribution in [0.5, 0.6) is 0 Å². The van der Waals surface area contributed by atoms with Crippen molar-refractivity contribution in [1.82, 2.24) is 0 Å². The molecule has 0 amide bonds. The molecule has 0 aliphatic carbocycles. The molecular weight excluding hydrogens is 178 g/mol. The summed E-state index contributed by atoms with van der Waals surface area (Å²) >= 11 is 0. The van der Waals surface area contributed by atoms with Crippen LogP contribution in [-0.2, 0) is 9.53 Å². The number of carbonyl (C=O) groups excluding carboxylic acids is 1. The van der Waals surface area contributed by atoms with Crippen LogP contribution in [0.1, 0.15) is 12.5 Å². The van der Waals surface area contributed by atoms with Gasteiger partial charge >= 0.3 is 5.97 Å². The van der Waals surface area contributed by atoms with Gasteiger partial charge in [-0.25, -0.2) is 4.79 Å². The predicted octanol–water partition coefficient (Wildman–Crippen LogP) is 2.11. The molecule has 0 unspecified atom stereocenters. The normalized spacial score (nSPS) is 10.4. The van der Waals surface area contributed by atoms with Crippen LogP contribution in [0.2, 0.25) is 0 Å². The molecule has 0 radical (unpaired) electrons. The lowest BCUT2D eigenvalue weighted by Gasteiger charge is -1.96. The van der Waals surface area contributed by atoms with Crippen molar-refractivity contribution in [3.05, 3.63) is 41.5 Å². The van der Waals surface area contributed by atoms with E-state index in [4.69, 9.17) is 5.26 Å². The highest BCUT2D eigenvalue weighted by molar-refractivity contribution is 5.93. The van der Waals surface area contributed by atoms with Crippen molar-refractivity contribution in [2.75, 3.05) is 0 Å². The number of rotatable bonds is 2. The zero-order valence-corrected chi connectivity index (χ0v) is 7.73. The van der Waals surface area contributed by atoms with Gasteiger partial charge < -0.3 is 4.74 Å². The quantitative estimate of drug-likeness (QED) is 0.404. The Kier molecular flexibility index (Phi) is 3.45. The Balaban J connectivity index is 2.80. The van der Waals surface area contributed by atoms with Gasteiger partial charge in [0.2, 0.25) is 0 Å². The van der Waals surface area contributed by atoms with E-state index in [1.165, 1.54) is 6.26 Å². The number of carbonyl (C=O) groups is 1. The highest BCUT2D eigenvalue weighted by atomic mass is 16.5. The maximum Gasteiger partial charge on any atom is 0.349 e. The van der Waals surface area contributed by atoms with E-state index < -0.39 is 5.97 Å². The average molecular weight is 187 g/mol. The first-order valence-electron chi connectivity index (χ1n) is 4.07. The molecule has 0 heterocycles. The fourth-order valence-corrected chi connectivity index (χ4v) is 0.980. The van der Waals surface area contributed by atoms with E-state index >= 15 is 0 Å². The topological polar surface area (TPSA) is 50.1 Å². The smallest absolute Gasteiger partial charge is 0.347 e. The van der Waals surface area contributed by atoms with Gasteiger partial charge in [-0.2, -0.15) is 0 Å². The van der Waals surface area contributed by atoms with Crippen molar-refractivity contribution < 1.29 is 9.53 Å². The van der Waals surface area contributed by atoms with Crippen LogP contribution in [0.15, 0.2) is 35.9 Å². The second-order valence-corrected chi connectivity index (χ2v) is 2.72. The highest BCUT2D eigenvalue weighted by Gasteiger charge is 2.04. The second-order valence-electron chi connectivity index (χ2n) is 2.72. The lowest BCUT2D eigenvalue weighted by Crippen LogP contribution is -2.00. The van der Waals surface area contributed by atoms with Crippen LogP contribution in [0.4, 0.5) is 0 Å². The Morgan fingerprint density at radius 3 is 2.64 bits per heavy atom. The van der Waals surface area contributed by atoms with E-state index in [9.17, 15) is 4.79 Å². The molecule has 0 fully saturated rings. The van der Waals surface area contributed by atoms with E-state index in [0.717, 1.165) is 5.56 Å². The summed E-state index contributed by atoms with van der Waals surface area (Å²) in [6, 6.07) is 9.36. The number of esters is 1. The summed E-state index contributed by atoms with van der Waals surface area (Å²) in [7, 11) is 0. The molecule has 0 saturated carbocycles. The molecule has 1 aromatic carbocycles. The Morgan fingerprint density at radius 1 is 1.43 bits per heavy atom. The molecule has 1 rings (SSSR count). The van der Waals surface area contributed by atoms with Gasteiger partial charge in [0.15, 0.2) is 0 Å². The van der Waals surface area contributed by atoms with Crippen molar-refractivity contribution in [3.8, 4) is 6.26 Å². The second kappa shape index (κ2) is 4.83. The molecule has 0 aromatic heterocycles. The maximum atomic E-state index is 11.0. The van der Waals surface area contributed by atoms with Crippen LogP contribution >= 0.6 is 0 Å². The first-order chi connectivity index (χ1) is 6.74. The van der Waals surface area contributed by atoms with E-state index in [1.807, 2.05) is 30.3 Å². The van der Waals surface area contributed by atoms with Gasteiger partial charge in [-0.15, -0.1) is 5.26 Å². The first-order valence-corrected chi connectivity index (χ1v) is 4.07. The summed E-state index contributed by atoms with van der Waals surface area (Å²) < 4.78 is 4.17. The van der Waals surface area contributed by atoms with E-state index in [2.05, 4.69) is 4.74 Å². The summed E-state index contributed by atoms with van der Waals surface area (Å²) in [6.07, 6.45) is 3.01. The Bertz CT molecular complexity index is 387. The van der Waals surface area contributed by atoms with Crippen molar-refractivity contribution in [1.29, 1.82) is 5.26 Å². The first kappa shape index (κ1) is 10.0. The van der Waals surface area contributed by atoms with Gasteiger partial charge in [0, 0.05) is 5.57 Å². The minimum atomic E-state index is -0.614. The van der Waals surface area contributed by atoms with Crippen LogP contribution in [0, 0.1) is 11.5 Å². The van der Waals surface area contributed by atoms with E-state index in [1.54, 1.807) is 13.0 Å². The Morgan fingerprint density at radius 2 is 2.07 bits per heavy atom. The molecule has 14 heavy (non-hydrogen) atoms. The lowest BCUT2D eigenvalue weighted by atomic mass is 10.1. The number of hydrogen-bond acceptors (Lipinski definition) is 3. The fourth-order valence-electron chi connectivity index (χ4n) is 0.980. The predicted molar refractivity (Wildman–Crippen MR) is 51.8 cm³/mol. The van der Waals surface area contributed by atoms with Crippen molar-refractivity contribution >= 4 is 12.0 Å². The molecule has 0 bridgehead atoms. The summed E-state index contributed by atoms with van der Waals surface area (Å²) in [4.78, 5) is 11.0. The van der Waals surface area contributed by atoms with Crippen molar-refractivity contribution in [2.45, 2.75) is 6.92 Å². The van der Waals surface area contributed by atoms with E-state index in [0.29, 0.717) is 5.57 Å². The highest BCUT2D eigenvalue weighted by Crippen LogP contribution is 2.06. The summed E-state index contributed by atoms with van der Waals surface area (Å²) in [5.41, 5.74) is 1.30. The molecule has 70 valence electrons. The van der Waals surface area contributed by atoms with Crippen molar-refractivity contribution in [3.63, 3.8) is 0 Å². The third-order valence-electron chi connectivity index (χ3n) is 1.64. The molecule has 0 N–H and O–H groups in total. The molecule has 1 aromatic rings. The van der Waals surface area contributed by atoms with Gasteiger partial charge in [-0.3, -0.25) is 0 Å². The molecule has 0 aliphatic rings.